The van der Waals surface area contributed by atoms with Crippen LogP contribution in [0.5, 0.6) is 0 Å². The Bertz CT molecular complexity index is 381. The number of aryl methyl sites for hydroxylation is 1. The smallest absolute Gasteiger partial charge is 0.244 e. The molecule has 0 aliphatic carbocycles. The van der Waals surface area contributed by atoms with E-state index in [1.807, 2.05) is 19.9 Å². The molecular weight excluding hydrogens is 218 g/mol. The van der Waals surface area contributed by atoms with Crippen LogP contribution in [0, 0.1) is 0 Å². The van der Waals surface area contributed by atoms with Gasteiger partial charge in [0.2, 0.25) is 5.91 Å². The van der Waals surface area contributed by atoms with Gasteiger partial charge in [0.1, 0.15) is 0 Å². The van der Waals surface area contributed by atoms with Crippen LogP contribution in [-0.2, 0) is 11.3 Å². The maximum absolute atomic E-state index is 11.5. The van der Waals surface area contributed by atoms with E-state index in [-0.39, 0.29) is 18.6 Å². The van der Waals surface area contributed by atoms with Crippen LogP contribution in [0.4, 0.5) is 0 Å². The first-order valence-corrected chi connectivity index (χ1v) is 5.82. The summed E-state index contributed by atoms with van der Waals surface area (Å²) < 4.78 is 1.80. The molecule has 94 valence electrons. The minimum atomic E-state index is -0.199. The molecule has 0 aliphatic heterocycles. The standard InChI is InChI=1S/C12H19N3O2/c1-3-10(9-16)14-12(17)6-5-11-7-8-13-15(11)4-2/h5-8,10,16H,3-4,9H2,1-2H3,(H,14,17)/b6-5+. The fraction of sp³-hybridized carbons (Fsp3) is 0.500. The molecular formula is C12H19N3O2. The summed E-state index contributed by atoms with van der Waals surface area (Å²) in [7, 11) is 0. The van der Waals surface area contributed by atoms with Gasteiger partial charge >= 0.3 is 0 Å². The highest BCUT2D eigenvalue weighted by Crippen LogP contribution is 2.01. The van der Waals surface area contributed by atoms with Gasteiger partial charge in [0.05, 0.1) is 18.3 Å². The second-order valence-corrected chi connectivity index (χ2v) is 3.70. The lowest BCUT2D eigenvalue weighted by molar-refractivity contribution is -0.117. The molecule has 1 unspecified atom stereocenters. The van der Waals surface area contributed by atoms with Crippen LogP contribution in [0.1, 0.15) is 26.0 Å². The Balaban J connectivity index is 2.56. The van der Waals surface area contributed by atoms with Crippen LogP contribution in [0.3, 0.4) is 0 Å². The monoisotopic (exact) mass is 237 g/mol. The molecule has 5 heteroatoms. The van der Waals surface area contributed by atoms with Crippen molar-refractivity contribution in [3.63, 3.8) is 0 Å². The Morgan fingerprint density at radius 2 is 2.41 bits per heavy atom. The van der Waals surface area contributed by atoms with Gasteiger partial charge in [-0.05, 0) is 25.5 Å². The summed E-state index contributed by atoms with van der Waals surface area (Å²) in [6.45, 7) is 4.63. The second-order valence-electron chi connectivity index (χ2n) is 3.70. The molecule has 1 aromatic heterocycles. The molecule has 0 spiro atoms. The van der Waals surface area contributed by atoms with E-state index < -0.39 is 0 Å². The number of aliphatic hydroxyl groups excluding tert-OH is 1. The summed E-state index contributed by atoms with van der Waals surface area (Å²) in [6, 6.07) is 1.67. The van der Waals surface area contributed by atoms with Crippen molar-refractivity contribution >= 4 is 12.0 Å². The van der Waals surface area contributed by atoms with E-state index in [0.29, 0.717) is 6.42 Å². The predicted octanol–water partition coefficient (Wildman–Crippen LogP) is 0.803. The van der Waals surface area contributed by atoms with Crippen LogP contribution in [0.15, 0.2) is 18.3 Å². The summed E-state index contributed by atoms with van der Waals surface area (Å²) in [5.74, 6) is -0.199. The SMILES string of the molecule is CCC(CO)NC(=O)/C=C/c1ccnn1CC. The third kappa shape index (κ3) is 4.03. The van der Waals surface area contributed by atoms with Gasteiger partial charge in [0.15, 0.2) is 0 Å². The number of nitrogens with zero attached hydrogens (tertiary/aromatic N) is 2. The summed E-state index contributed by atoms with van der Waals surface area (Å²) in [5, 5.41) is 15.8. The highest BCUT2D eigenvalue weighted by atomic mass is 16.3. The first kappa shape index (κ1) is 13.4. The Hall–Kier alpha value is -1.62. The van der Waals surface area contributed by atoms with E-state index in [2.05, 4.69) is 10.4 Å². The van der Waals surface area contributed by atoms with Crippen molar-refractivity contribution in [2.24, 2.45) is 0 Å². The molecule has 0 aliphatic rings. The van der Waals surface area contributed by atoms with Crippen molar-refractivity contribution < 1.29 is 9.90 Å². The number of hydrogen-bond donors (Lipinski definition) is 2. The third-order valence-electron chi connectivity index (χ3n) is 2.51. The molecule has 0 aromatic carbocycles. The Morgan fingerprint density at radius 3 is 3.00 bits per heavy atom. The number of carbonyl (C=O) groups is 1. The number of nitrogens with one attached hydrogen (secondary N) is 1. The van der Waals surface area contributed by atoms with E-state index in [0.717, 1.165) is 12.2 Å². The number of carbonyl (C=O) groups excluding carboxylic acids is 1. The molecule has 1 amide bonds. The number of aliphatic hydroxyl groups is 1. The van der Waals surface area contributed by atoms with Gasteiger partial charge in [-0.2, -0.15) is 5.10 Å². The zero-order chi connectivity index (χ0) is 12.7. The maximum atomic E-state index is 11.5. The number of aromatic nitrogens is 2. The van der Waals surface area contributed by atoms with Gasteiger partial charge < -0.3 is 10.4 Å². The Morgan fingerprint density at radius 1 is 1.65 bits per heavy atom. The first-order chi connectivity index (χ1) is 8.21. The van der Waals surface area contributed by atoms with Crippen molar-refractivity contribution in [1.29, 1.82) is 0 Å². The fourth-order valence-corrected chi connectivity index (χ4v) is 1.44. The van der Waals surface area contributed by atoms with Crippen LogP contribution < -0.4 is 5.32 Å². The number of rotatable bonds is 6. The van der Waals surface area contributed by atoms with Gasteiger partial charge in [0.25, 0.3) is 0 Å². The molecule has 0 saturated carbocycles. The summed E-state index contributed by atoms with van der Waals surface area (Å²) >= 11 is 0. The van der Waals surface area contributed by atoms with Gasteiger partial charge in [0, 0.05) is 18.8 Å². The number of amides is 1. The third-order valence-corrected chi connectivity index (χ3v) is 2.51. The van der Waals surface area contributed by atoms with Gasteiger partial charge in [-0.3, -0.25) is 9.48 Å². The van der Waals surface area contributed by atoms with Crippen molar-refractivity contribution in [2.45, 2.75) is 32.9 Å². The zero-order valence-electron chi connectivity index (χ0n) is 10.3. The predicted molar refractivity (Wildman–Crippen MR) is 66.2 cm³/mol. The molecule has 0 radical (unpaired) electrons. The van der Waals surface area contributed by atoms with Gasteiger partial charge in [-0.15, -0.1) is 0 Å². The quantitative estimate of drug-likeness (QED) is 0.719. The topological polar surface area (TPSA) is 67.2 Å². The van der Waals surface area contributed by atoms with E-state index in [9.17, 15) is 4.79 Å². The highest BCUT2D eigenvalue weighted by Gasteiger charge is 2.06. The first-order valence-electron chi connectivity index (χ1n) is 5.82. The molecule has 5 nitrogen and oxygen atoms in total. The molecule has 0 bridgehead atoms. The largest absolute Gasteiger partial charge is 0.394 e. The molecule has 0 saturated heterocycles. The van der Waals surface area contributed by atoms with Crippen molar-refractivity contribution in [3.05, 3.63) is 24.0 Å². The van der Waals surface area contributed by atoms with E-state index >= 15 is 0 Å². The molecule has 1 aromatic rings. The number of hydrogen-bond acceptors (Lipinski definition) is 3. The highest BCUT2D eigenvalue weighted by molar-refractivity contribution is 5.91. The molecule has 1 rings (SSSR count). The molecule has 17 heavy (non-hydrogen) atoms. The minimum Gasteiger partial charge on any atom is -0.394 e. The van der Waals surface area contributed by atoms with Gasteiger partial charge in [-0.25, -0.2) is 0 Å². The molecule has 2 N–H and O–H groups in total. The summed E-state index contributed by atoms with van der Waals surface area (Å²) in [5.41, 5.74) is 0.889. The lowest BCUT2D eigenvalue weighted by Crippen LogP contribution is -2.35. The van der Waals surface area contributed by atoms with Crippen molar-refractivity contribution in [3.8, 4) is 0 Å². The summed E-state index contributed by atoms with van der Waals surface area (Å²) in [4.78, 5) is 11.5. The van der Waals surface area contributed by atoms with E-state index in [4.69, 9.17) is 5.11 Å². The average Bonchev–Trinajstić information content (AvgIpc) is 2.80. The summed E-state index contributed by atoms with van der Waals surface area (Å²) in [6.07, 6.45) is 5.59. The molecule has 1 heterocycles. The van der Waals surface area contributed by atoms with Crippen molar-refractivity contribution in [2.75, 3.05) is 6.61 Å². The normalized spacial score (nSPS) is 12.9. The second kappa shape index (κ2) is 6.85. The Kier molecular flexibility index (Phi) is 5.42. The van der Waals surface area contributed by atoms with Crippen LogP contribution in [-0.4, -0.2) is 33.4 Å². The molecule has 1 atom stereocenters. The van der Waals surface area contributed by atoms with Crippen molar-refractivity contribution in [1.82, 2.24) is 15.1 Å². The lowest BCUT2D eigenvalue weighted by Gasteiger charge is -2.11. The Labute approximate surface area is 101 Å². The fourth-order valence-electron chi connectivity index (χ4n) is 1.44. The van der Waals surface area contributed by atoms with Crippen LogP contribution in [0.2, 0.25) is 0 Å². The maximum Gasteiger partial charge on any atom is 0.244 e. The van der Waals surface area contributed by atoms with Crippen LogP contribution in [0.25, 0.3) is 6.08 Å². The van der Waals surface area contributed by atoms with E-state index in [1.165, 1.54) is 6.08 Å². The van der Waals surface area contributed by atoms with Crippen LogP contribution >= 0.6 is 0 Å². The van der Waals surface area contributed by atoms with E-state index in [1.54, 1.807) is 17.0 Å². The minimum absolute atomic E-state index is 0.0387. The van der Waals surface area contributed by atoms with Gasteiger partial charge in [-0.1, -0.05) is 6.92 Å². The average molecular weight is 237 g/mol. The lowest BCUT2D eigenvalue weighted by atomic mass is 10.2. The zero-order valence-corrected chi connectivity index (χ0v) is 10.3. The molecule has 0 fully saturated rings.